The molecule has 3 aromatic rings. The molecule has 1 amide bonds. The maximum Gasteiger partial charge on any atom is 0.255 e. The van der Waals surface area contributed by atoms with Gasteiger partial charge in [-0.2, -0.15) is 0 Å². The van der Waals surface area contributed by atoms with Crippen LogP contribution in [-0.4, -0.2) is 21.7 Å². The smallest absolute Gasteiger partial charge is 0.255 e. The molecule has 7 nitrogen and oxygen atoms in total. The maximum atomic E-state index is 13.4. The lowest BCUT2D eigenvalue weighted by Crippen LogP contribution is -2.37. The topological polar surface area (TPSA) is 97.1 Å². The monoisotopic (exact) mass is 426 g/mol. The summed E-state index contributed by atoms with van der Waals surface area (Å²) in [5.41, 5.74) is 3.25. The van der Waals surface area contributed by atoms with Gasteiger partial charge in [-0.15, -0.1) is 0 Å². The van der Waals surface area contributed by atoms with Gasteiger partial charge in [0.05, 0.1) is 17.9 Å². The Kier molecular flexibility index (Phi) is 5.15. The summed E-state index contributed by atoms with van der Waals surface area (Å²) in [5.74, 6) is 0.334. The lowest BCUT2D eigenvalue weighted by atomic mass is 9.73. The number of nitrogens with zero attached hydrogens (tertiary/aromatic N) is 2. The Balaban J connectivity index is 1.56. The molecule has 0 radical (unpaired) electrons. The highest BCUT2D eigenvalue weighted by molar-refractivity contribution is 6.09. The number of nitrogens with one attached hydrogen (secondary N) is 2. The first kappa shape index (κ1) is 19.9. The van der Waals surface area contributed by atoms with Crippen LogP contribution in [0.1, 0.15) is 43.1 Å². The number of aromatic nitrogens is 2. The van der Waals surface area contributed by atoms with Crippen LogP contribution in [0.5, 0.6) is 0 Å². The van der Waals surface area contributed by atoms with E-state index in [2.05, 4.69) is 20.6 Å². The van der Waals surface area contributed by atoms with Crippen LogP contribution in [0.3, 0.4) is 0 Å². The fourth-order valence-corrected chi connectivity index (χ4v) is 4.53. The number of amides is 1. The molecule has 32 heavy (non-hydrogen) atoms. The van der Waals surface area contributed by atoms with Gasteiger partial charge in [0.1, 0.15) is 11.6 Å². The summed E-state index contributed by atoms with van der Waals surface area (Å²) in [6.07, 6.45) is 5.88. The summed E-state index contributed by atoms with van der Waals surface area (Å²) in [7, 11) is 0. The predicted molar refractivity (Wildman–Crippen MR) is 118 cm³/mol. The largest absolute Gasteiger partial charge is 0.469 e. The molecule has 0 spiro atoms. The molecule has 1 aliphatic heterocycles. The molecule has 0 fully saturated rings. The summed E-state index contributed by atoms with van der Waals surface area (Å²) in [5, 5.41) is 6.20. The van der Waals surface area contributed by atoms with E-state index in [4.69, 9.17) is 4.42 Å². The van der Waals surface area contributed by atoms with Crippen molar-refractivity contribution in [3.05, 3.63) is 101 Å². The minimum atomic E-state index is -0.554. The number of hydrogen-bond donors (Lipinski definition) is 2. The molecule has 0 bridgehead atoms. The van der Waals surface area contributed by atoms with Crippen LogP contribution < -0.4 is 10.6 Å². The number of Topliss-reactive ketones (excluding diaryl/α,β-unsaturated/α-hetero) is 1. The van der Waals surface area contributed by atoms with Crippen molar-refractivity contribution in [1.29, 1.82) is 0 Å². The van der Waals surface area contributed by atoms with Crippen LogP contribution in [0, 0.1) is 0 Å². The van der Waals surface area contributed by atoms with Crippen LogP contribution in [-0.2, 0) is 9.59 Å². The number of allylic oxidation sites excluding steroid dienone is 3. The first-order chi connectivity index (χ1) is 15.6. The average Bonchev–Trinajstić information content (AvgIpc) is 3.34. The summed E-state index contributed by atoms with van der Waals surface area (Å²) in [4.78, 5) is 35.5. The summed E-state index contributed by atoms with van der Waals surface area (Å²) >= 11 is 0. The summed E-state index contributed by atoms with van der Waals surface area (Å²) in [6, 6.07) is 14.6. The van der Waals surface area contributed by atoms with Gasteiger partial charge in [-0.1, -0.05) is 12.1 Å². The quantitative estimate of drug-likeness (QED) is 0.653. The first-order valence-corrected chi connectivity index (χ1v) is 10.5. The van der Waals surface area contributed by atoms with Crippen molar-refractivity contribution < 1.29 is 14.0 Å². The predicted octanol–water partition coefficient (Wildman–Crippen LogP) is 4.07. The second-order valence-corrected chi connectivity index (χ2v) is 7.96. The zero-order valence-corrected chi connectivity index (χ0v) is 17.5. The van der Waals surface area contributed by atoms with E-state index in [0.29, 0.717) is 41.2 Å². The number of carbonyl (C=O) groups excluding carboxylic acids is 2. The highest BCUT2D eigenvalue weighted by atomic mass is 16.3. The van der Waals surface area contributed by atoms with E-state index in [-0.39, 0.29) is 17.6 Å². The second kappa shape index (κ2) is 8.26. The van der Waals surface area contributed by atoms with Crippen molar-refractivity contribution in [2.24, 2.45) is 0 Å². The Morgan fingerprint density at radius 1 is 1.06 bits per heavy atom. The van der Waals surface area contributed by atoms with Crippen molar-refractivity contribution in [1.82, 2.24) is 15.3 Å². The van der Waals surface area contributed by atoms with Crippen LogP contribution in [0.4, 0.5) is 5.82 Å². The highest BCUT2D eigenvalue weighted by Crippen LogP contribution is 2.45. The fraction of sp³-hybridized carbons (Fsp3) is 0.200. The molecule has 2 atom stereocenters. The van der Waals surface area contributed by atoms with Gasteiger partial charge in [0, 0.05) is 47.3 Å². The van der Waals surface area contributed by atoms with E-state index in [0.717, 1.165) is 11.5 Å². The van der Waals surface area contributed by atoms with Crippen molar-refractivity contribution in [3.8, 4) is 0 Å². The third-order valence-electron chi connectivity index (χ3n) is 5.91. The van der Waals surface area contributed by atoms with E-state index >= 15 is 0 Å². The van der Waals surface area contributed by atoms with Crippen LogP contribution in [0.2, 0.25) is 0 Å². The van der Waals surface area contributed by atoms with Gasteiger partial charge in [0.25, 0.3) is 5.91 Å². The van der Waals surface area contributed by atoms with Gasteiger partial charge < -0.3 is 15.1 Å². The van der Waals surface area contributed by atoms with Crippen molar-refractivity contribution in [3.63, 3.8) is 0 Å². The standard InChI is InChI=1S/C25H22N4O3/c1-15-22(25(31)29-21-9-3-5-11-27-21)24(17-7-2-4-10-26-17)23-18(28-15)13-16(14-19(23)30)20-8-6-12-32-20/h2-12,16,24,28H,13-14H2,1H3,(H,27,29,31)/t16-,24-/m1/s1. The fourth-order valence-electron chi connectivity index (χ4n) is 4.53. The second-order valence-electron chi connectivity index (χ2n) is 7.96. The number of ketones is 1. The molecule has 160 valence electrons. The Morgan fingerprint density at radius 3 is 2.56 bits per heavy atom. The Bertz CT molecular complexity index is 1210. The van der Waals surface area contributed by atoms with Crippen molar-refractivity contribution in [2.45, 2.75) is 31.6 Å². The van der Waals surface area contributed by atoms with E-state index in [1.165, 1.54) is 0 Å². The number of pyridine rings is 2. The molecular formula is C25H22N4O3. The van der Waals surface area contributed by atoms with E-state index in [1.807, 2.05) is 37.3 Å². The number of dihydropyridines is 1. The molecule has 0 aromatic carbocycles. The molecule has 3 aromatic heterocycles. The first-order valence-electron chi connectivity index (χ1n) is 10.5. The third kappa shape index (κ3) is 3.62. The Morgan fingerprint density at radius 2 is 1.88 bits per heavy atom. The lowest BCUT2D eigenvalue weighted by Gasteiger charge is -2.36. The molecule has 0 unspecified atom stereocenters. The summed E-state index contributed by atoms with van der Waals surface area (Å²) < 4.78 is 5.57. The van der Waals surface area contributed by atoms with Crippen LogP contribution in [0.25, 0.3) is 0 Å². The Hall–Kier alpha value is -4.00. The minimum Gasteiger partial charge on any atom is -0.469 e. The zero-order valence-electron chi connectivity index (χ0n) is 17.5. The molecule has 4 heterocycles. The normalized spacial score (nSPS) is 20.6. The van der Waals surface area contributed by atoms with E-state index in [9.17, 15) is 9.59 Å². The van der Waals surface area contributed by atoms with Crippen LogP contribution >= 0.6 is 0 Å². The molecule has 7 heteroatoms. The average molecular weight is 426 g/mol. The van der Waals surface area contributed by atoms with E-state index in [1.54, 1.807) is 36.9 Å². The number of hydrogen-bond acceptors (Lipinski definition) is 6. The zero-order chi connectivity index (χ0) is 22.1. The summed E-state index contributed by atoms with van der Waals surface area (Å²) in [6.45, 7) is 1.86. The number of rotatable bonds is 4. The van der Waals surface area contributed by atoms with Gasteiger partial charge in [-0.05, 0) is 49.7 Å². The third-order valence-corrected chi connectivity index (χ3v) is 5.91. The SMILES string of the molecule is CC1=C(C(=O)Nc2ccccn2)[C@@H](c2ccccn2)C2=C(C[C@@H](c3ccco3)CC2=O)N1. The number of furan rings is 1. The molecule has 0 saturated heterocycles. The van der Waals surface area contributed by atoms with Crippen molar-refractivity contribution in [2.75, 3.05) is 5.32 Å². The molecule has 0 saturated carbocycles. The van der Waals surface area contributed by atoms with Gasteiger partial charge >= 0.3 is 0 Å². The highest BCUT2D eigenvalue weighted by Gasteiger charge is 2.42. The van der Waals surface area contributed by atoms with Gasteiger partial charge in [-0.3, -0.25) is 14.6 Å². The molecule has 5 rings (SSSR count). The Labute approximate surface area is 185 Å². The maximum absolute atomic E-state index is 13.4. The van der Waals surface area contributed by atoms with Gasteiger partial charge in [0.2, 0.25) is 0 Å². The molecule has 1 aliphatic carbocycles. The lowest BCUT2D eigenvalue weighted by molar-refractivity contribution is -0.116. The minimum absolute atomic E-state index is 0.00793. The van der Waals surface area contributed by atoms with Gasteiger partial charge in [-0.25, -0.2) is 4.98 Å². The number of anilines is 1. The van der Waals surface area contributed by atoms with E-state index < -0.39 is 5.92 Å². The van der Waals surface area contributed by atoms with Gasteiger partial charge in [0.15, 0.2) is 5.78 Å². The molecular weight excluding hydrogens is 404 g/mol. The molecule has 2 aliphatic rings. The number of carbonyl (C=O) groups is 2. The van der Waals surface area contributed by atoms with Crippen molar-refractivity contribution >= 4 is 17.5 Å². The van der Waals surface area contributed by atoms with Crippen LogP contribution in [0.15, 0.2) is 94.1 Å². The molecule has 2 N–H and O–H groups in total.